The molecule has 0 radical (unpaired) electrons. The molecule has 166 valence electrons. The van der Waals surface area contributed by atoms with E-state index < -0.39 is 0 Å². The van der Waals surface area contributed by atoms with Gasteiger partial charge in [-0.15, -0.1) is 0 Å². The molecule has 2 aliphatic heterocycles. The highest BCUT2D eigenvalue weighted by Crippen LogP contribution is 2.46. The molecule has 0 spiro atoms. The summed E-state index contributed by atoms with van der Waals surface area (Å²) in [5.74, 6) is 2.01. The summed E-state index contributed by atoms with van der Waals surface area (Å²) in [6.07, 6.45) is 3.31. The van der Waals surface area contributed by atoms with Crippen molar-refractivity contribution in [1.82, 2.24) is 4.90 Å². The smallest absolute Gasteiger partial charge is 0.127 e. The van der Waals surface area contributed by atoms with Crippen molar-refractivity contribution in [3.63, 3.8) is 0 Å². The highest BCUT2D eigenvalue weighted by atomic mass is 35.5. The van der Waals surface area contributed by atoms with E-state index in [9.17, 15) is 5.11 Å². The topological polar surface area (TPSA) is 41.9 Å². The number of nitrogens with zero attached hydrogens (tertiary/aromatic N) is 1. The van der Waals surface area contributed by atoms with Crippen LogP contribution in [-0.4, -0.2) is 36.2 Å². The predicted octanol–water partition coefficient (Wildman–Crippen LogP) is 6.18. The Labute approximate surface area is 194 Å². The van der Waals surface area contributed by atoms with Gasteiger partial charge < -0.3 is 14.6 Å². The van der Waals surface area contributed by atoms with Crippen LogP contribution < -0.4 is 9.47 Å². The molecule has 0 saturated carbocycles. The van der Waals surface area contributed by atoms with Gasteiger partial charge in [-0.25, -0.2) is 0 Å². The molecule has 2 atom stereocenters. The van der Waals surface area contributed by atoms with E-state index in [4.69, 9.17) is 21.1 Å². The van der Waals surface area contributed by atoms with E-state index >= 15 is 0 Å². The van der Waals surface area contributed by atoms with Crippen LogP contribution in [0.2, 0.25) is 5.02 Å². The van der Waals surface area contributed by atoms with Gasteiger partial charge in [-0.05, 0) is 73.8 Å². The number of fused-ring (bicyclic) bond motifs is 1. The summed E-state index contributed by atoms with van der Waals surface area (Å²) < 4.78 is 12.3. The maximum Gasteiger partial charge on any atom is 0.127 e. The Balaban J connectivity index is 1.34. The Morgan fingerprint density at radius 1 is 0.938 bits per heavy atom. The van der Waals surface area contributed by atoms with Gasteiger partial charge in [0.2, 0.25) is 0 Å². The highest BCUT2D eigenvalue weighted by molar-refractivity contribution is 6.30. The van der Waals surface area contributed by atoms with Gasteiger partial charge in [0, 0.05) is 29.1 Å². The van der Waals surface area contributed by atoms with Crippen LogP contribution in [0.25, 0.3) is 0 Å². The lowest BCUT2D eigenvalue weighted by atomic mass is 9.82. The molecule has 0 bridgehead atoms. The second-order valence-electron chi connectivity index (χ2n) is 8.63. The summed E-state index contributed by atoms with van der Waals surface area (Å²) in [5, 5.41) is 10.7. The molecular weight excluding hydrogens is 422 g/mol. The van der Waals surface area contributed by atoms with Crippen LogP contribution in [0.5, 0.6) is 17.2 Å². The first kappa shape index (κ1) is 21.2. The van der Waals surface area contributed by atoms with E-state index in [0.29, 0.717) is 5.02 Å². The zero-order chi connectivity index (χ0) is 21.9. The number of hydrogen-bond donors (Lipinski definition) is 1. The summed E-state index contributed by atoms with van der Waals surface area (Å²) in [6, 6.07) is 21.6. The van der Waals surface area contributed by atoms with Crippen LogP contribution in [0, 0.1) is 0 Å². The van der Waals surface area contributed by atoms with Crippen LogP contribution in [0.1, 0.15) is 48.0 Å². The van der Waals surface area contributed by atoms with Crippen LogP contribution in [0.3, 0.4) is 0 Å². The Bertz CT molecular complexity index is 1050. The third-order valence-electron chi connectivity index (χ3n) is 6.49. The Morgan fingerprint density at radius 3 is 2.41 bits per heavy atom. The van der Waals surface area contributed by atoms with Crippen molar-refractivity contribution in [2.45, 2.75) is 31.3 Å². The molecule has 0 aliphatic carbocycles. The summed E-state index contributed by atoms with van der Waals surface area (Å²) >= 11 is 6.08. The fraction of sp³-hybridized carbons (Fsp3) is 0.333. The van der Waals surface area contributed by atoms with Gasteiger partial charge in [0.15, 0.2) is 0 Å². The lowest BCUT2D eigenvalue weighted by molar-refractivity contribution is 0.167. The van der Waals surface area contributed by atoms with Gasteiger partial charge >= 0.3 is 0 Å². The van der Waals surface area contributed by atoms with E-state index in [1.54, 1.807) is 12.1 Å². The first-order valence-electron chi connectivity index (χ1n) is 11.4. The quantitative estimate of drug-likeness (QED) is 0.488. The second-order valence-corrected chi connectivity index (χ2v) is 9.07. The van der Waals surface area contributed by atoms with Crippen molar-refractivity contribution in [2.75, 3.05) is 26.2 Å². The average molecular weight is 450 g/mol. The molecule has 3 aromatic rings. The molecule has 2 heterocycles. The number of ether oxygens (including phenoxy) is 2. The Hall–Kier alpha value is -2.69. The molecule has 5 rings (SSSR count). The molecule has 0 aromatic heterocycles. The normalized spacial score (nSPS) is 20.5. The van der Waals surface area contributed by atoms with Crippen molar-refractivity contribution < 1.29 is 14.6 Å². The van der Waals surface area contributed by atoms with Crippen molar-refractivity contribution in [1.29, 1.82) is 0 Å². The maximum atomic E-state index is 10.0. The minimum atomic E-state index is -0.108. The van der Waals surface area contributed by atoms with Crippen LogP contribution in [0.4, 0.5) is 0 Å². The average Bonchev–Trinajstić information content (AvgIpc) is 3.33. The van der Waals surface area contributed by atoms with E-state index in [0.717, 1.165) is 42.2 Å². The first-order valence-corrected chi connectivity index (χ1v) is 11.7. The van der Waals surface area contributed by atoms with Crippen LogP contribution in [0.15, 0.2) is 66.7 Å². The number of halogens is 1. The summed E-state index contributed by atoms with van der Waals surface area (Å²) in [4.78, 5) is 2.46. The van der Waals surface area contributed by atoms with E-state index in [1.165, 1.54) is 31.5 Å². The van der Waals surface area contributed by atoms with E-state index in [1.807, 2.05) is 30.3 Å². The molecule has 32 heavy (non-hydrogen) atoms. The van der Waals surface area contributed by atoms with Crippen molar-refractivity contribution in [2.24, 2.45) is 0 Å². The molecule has 2 unspecified atom stereocenters. The SMILES string of the molecule is Oc1ccc2c(c1)OC(c1ccc(Cl)cc1)CC2c1ccc(OCCN2CCCC2)cc1. The molecule has 0 amide bonds. The lowest BCUT2D eigenvalue weighted by Gasteiger charge is -2.33. The van der Waals surface area contributed by atoms with Gasteiger partial charge in [-0.3, -0.25) is 4.90 Å². The Morgan fingerprint density at radius 2 is 1.66 bits per heavy atom. The molecule has 4 nitrogen and oxygen atoms in total. The highest BCUT2D eigenvalue weighted by Gasteiger charge is 2.30. The maximum absolute atomic E-state index is 10.0. The number of hydrogen-bond acceptors (Lipinski definition) is 4. The second kappa shape index (κ2) is 9.43. The minimum absolute atomic E-state index is 0.108. The molecule has 1 saturated heterocycles. The van der Waals surface area contributed by atoms with Crippen LogP contribution in [-0.2, 0) is 0 Å². The van der Waals surface area contributed by atoms with Gasteiger partial charge in [-0.1, -0.05) is 41.9 Å². The third kappa shape index (κ3) is 4.72. The number of phenols is 1. The number of phenolic OH excluding ortho intramolecular Hbond substituents is 1. The predicted molar refractivity (Wildman–Crippen MR) is 127 cm³/mol. The van der Waals surface area contributed by atoms with Gasteiger partial charge in [0.05, 0.1) is 0 Å². The van der Waals surface area contributed by atoms with Gasteiger partial charge in [-0.2, -0.15) is 0 Å². The molecule has 5 heteroatoms. The third-order valence-corrected chi connectivity index (χ3v) is 6.74. The van der Waals surface area contributed by atoms with Crippen molar-refractivity contribution >= 4 is 11.6 Å². The minimum Gasteiger partial charge on any atom is -0.508 e. The molecular formula is C27H28ClNO3. The summed E-state index contributed by atoms with van der Waals surface area (Å²) in [6.45, 7) is 4.09. The van der Waals surface area contributed by atoms with Crippen molar-refractivity contribution in [3.8, 4) is 17.2 Å². The number of aromatic hydroxyl groups is 1. The lowest BCUT2D eigenvalue weighted by Crippen LogP contribution is -2.25. The van der Waals surface area contributed by atoms with E-state index in [-0.39, 0.29) is 17.8 Å². The van der Waals surface area contributed by atoms with Gasteiger partial charge in [0.25, 0.3) is 0 Å². The molecule has 2 aliphatic rings. The van der Waals surface area contributed by atoms with E-state index in [2.05, 4.69) is 29.2 Å². The van der Waals surface area contributed by atoms with Gasteiger partial charge in [0.1, 0.15) is 30.0 Å². The standard InChI is InChI=1S/C27H28ClNO3/c28-21-7-3-20(4-8-21)26-18-25(24-12-9-22(30)17-27(24)32-26)19-5-10-23(11-6-19)31-16-15-29-13-1-2-14-29/h3-12,17,25-26,30H,1-2,13-16,18H2. The van der Waals surface area contributed by atoms with Crippen molar-refractivity contribution in [3.05, 3.63) is 88.4 Å². The largest absolute Gasteiger partial charge is 0.508 e. The zero-order valence-corrected chi connectivity index (χ0v) is 18.8. The zero-order valence-electron chi connectivity index (χ0n) is 18.0. The Kier molecular flexibility index (Phi) is 6.24. The summed E-state index contributed by atoms with van der Waals surface area (Å²) in [5.41, 5.74) is 3.39. The number of likely N-dealkylation sites (tertiary alicyclic amines) is 1. The number of benzene rings is 3. The fourth-order valence-corrected chi connectivity index (χ4v) is 4.87. The molecule has 1 fully saturated rings. The number of rotatable bonds is 6. The van der Waals surface area contributed by atoms with Crippen LogP contribution >= 0.6 is 11.6 Å². The fourth-order valence-electron chi connectivity index (χ4n) is 4.75. The molecule has 3 aromatic carbocycles. The summed E-state index contributed by atoms with van der Waals surface area (Å²) in [7, 11) is 0. The monoisotopic (exact) mass is 449 g/mol. The first-order chi connectivity index (χ1) is 15.7. The molecule has 1 N–H and O–H groups in total.